The molecule has 1 unspecified atom stereocenters. The van der Waals surface area contributed by atoms with Crippen molar-refractivity contribution < 1.29 is 9.47 Å². The van der Waals surface area contributed by atoms with Crippen LogP contribution in [0.15, 0.2) is 18.2 Å². The molecule has 0 amide bonds. The summed E-state index contributed by atoms with van der Waals surface area (Å²) in [5, 5.41) is 9.24. The predicted octanol–water partition coefficient (Wildman–Crippen LogP) is 1.93. The number of ether oxygens (including phenoxy) is 2. The van der Waals surface area contributed by atoms with Gasteiger partial charge in [0.25, 0.3) is 0 Å². The average Bonchev–Trinajstić information content (AvgIpc) is 2.31. The number of benzene rings is 1. The third-order valence-electron chi connectivity index (χ3n) is 3.40. The van der Waals surface area contributed by atoms with Gasteiger partial charge in [0.05, 0.1) is 31.9 Å². The van der Waals surface area contributed by atoms with Gasteiger partial charge in [-0.05, 0) is 31.0 Å². The molecule has 0 saturated carbocycles. The molecule has 4 heteroatoms. The Kier molecular flexibility index (Phi) is 3.55. The molecule has 18 heavy (non-hydrogen) atoms. The van der Waals surface area contributed by atoms with Crippen LogP contribution < -0.4 is 10.5 Å². The minimum absolute atomic E-state index is 0.314. The molecule has 2 N–H and O–H groups in total. The Bertz CT molecular complexity index is 475. The number of aryl methyl sites for hydroxylation is 1. The van der Waals surface area contributed by atoms with Crippen LogP contribution in [0.2, 0.25) is 0 Å². The second-order valence-corrected chi connectivity index (χ2v) is 4.70. The van der Waals surface area contributed by atoms with Gasteiger partial charge in [0.15, 0.2) is 0 Å². The van der Waals surface area contributed by atoms with Crippen LogP contribution in [0.1, 0.15) is 24.1 Å². The number of hydrogen-bond acceptors (Lipinski definition) is 4. The van der Waals surface area contributed by atoms with Crippen molar-refractivity contribution in [2.24, 2.45) is 11.1 Å². The summed E-state index contributed by atoms with van der Waals surface area (Å²) < 4.78 is 10.6. The lowest BCUT2D eigenvalue weighted by atomic mass is 9.77. The van der Waals surface area contributed by atoms with E-state index < -0.39 is 5.41 Å². The van der Waals surface area contributed by atoms with Crippen molar-refractivity contribution in [1.29, 1.82) is 5.26 Å². The minimum Gasteiger partial charge on any atom is -0.494 e. The molecule has 1 aliphatic heterocycles. The van der Waals surface area contributed by atoms with Crippen molar-refractivity contribution in [2.45, 2.75) is 19.9 Å². The number of nitriles is 1. The zero-order chi connectivity index (χ0) is 13.2. The van der Waals surface area contributed by atoms with Gasteiger partial charge < -0.3 is 15.2 Å². The van der Waals surface area contributed by atoms with Gasteiger partial charge in [0, 0.05) is 0 Å². The number of rotatable bonds is 4. The lowest BCUT2D eigenvalue weighted by Gasteiger charge is -2.40. The van der Waals surface area contributed by atoms with E-state index in [1.165, 1.54) is 0 Å². The highest BCUT2D eigenvalue weighted by Crippen LogP contribution is 2.39. The summed E-state index contributed by atoms with van der Waals surface area (Å²) in [5.74, 6) is 0.865. The molecular formula is C14H18N2O2. The smallest absolute Gasteiger partial charge is 0.123 e. The topological polar surface area (TPSA) is 68.3 Å². The summed E-state index contributed by atoms with van der Waals surface area (Å²) in [4.78, 5) is 0. The Morgan fingerprint density at radius 2 is 2.28 bits per heavy atom. The van der Waals surface area contributed by atoms with Gasteiger partial charge in [-0.25, -0.2) is 0 Å². The second kappa shape index (κ2) is 4.97. The first kappa shape index (κ1) is 12.9. The summed E-state index contributed by atoms with van der Waals surface area (Å²) in [6.45, 7) is 5.41. The maximum absolute atomic E-state index is 9.24. The highest BCUT2D eigenvalue weighted by molar-refractivity contribution is 5.39. The monoisotopic (exact) mass is 246 g/mol. The Morgan fingerprint density at radius 1 is 1.56 bits per heavy atom. The molecule has 1 saturated heterocycles. The van der Waals surface area contributed by atoms with E-state index in [4.69, 9.17) is 15.2 Å². The van der Waals surface area contributed by atoms with Crippen molar-refractivity contribution in [1.82, 2.24) is 0 Å². The fourth-order valence-corrected chi connectivity index (χ4v) is 2.14. The molecule has 1 atom stereocenters. The van der Waals surface area contributed by atoms with E-state index in [1.54, 1.807) is 0 Å². The van der Waals surface area contributed by atoms with E-state index in [0.29, 0.717) is 19.8 Å². The van der Waals surface area contributed by atoms with E-state index >= 15 is 0 Å². The normalized spacial score (nSPS) is 18.6. The van der Waals surface area contributed by atoms with Gasteiger partial charge in [-0.3, -0.25) is 0 Å². The van der Waals surface area contributed by atoms with Gasteiger partial charge in [-0.2, -0.15) is 5.26 Å². The first-order chi connectivity index (χ1) is 8.63. The zero-order valence-electron chi connectivity index (χ0n) is 10.8. The van der Waals surface area contributed by atoms with Crippen molar-refractivity contribution in [3.8, 4) is 11.8 Å². The second-order valence-electron chi connectivity index (χ2n) is 4.70. The number of nitrogens with zero attached hydrogens (tertiary/aromatic N) is 1. The van der Waals surface area contributed by atoms with Crippen LogP contribution in [0.4, 0.5) is 0 Å². The lowest BCUT2D eigenvalue weighted by Crippen LogP contribution is -2.49. The summed E-state index contributed by atoms with van der Waals surface area (Å²) in [6, 6.07) is 7.82. The highest BCUT2D eigenvalue weighted by Gasteiger charge is 2.45. The molecule has 2 rings (SSSR count). The molecule has 0 spiro atoms. The van der Waals surface area contributed by atoms with Crippen LogP contribution in [-0.2, 0) is 4.74 Å². The third-order valence-corrected chi connectivity index (χ3v) is 3.40. The van der Waals surface area contributed by atoms with E-state index in [0.717, 1.165) is 16.9 Å². The first-order valence-corrected chi connectivity index (χ1v) is 6.11. The Balaban J connectivity index is 2.24. The van der Waals surface area contributed by atoms with E-state index in [1.807, 2.05) is 32.0 Å². The molecule has 4 nitrogen and oxygen atoms in total. The molecule has 96 valence electrons. The summed E-state index contributed by atoms with van der Waals surface area (Å²) in [7, 11) is 0. The Morgan fingerprint density at radius 3 is 2.72 bits per heavy atom. The molecule has 0 aliphatic carbocycles. The molecule has 1 heterocycles. The fraction of sp³-hybridized carbons (Fsp3) is 0.500. The standard InChI is InChI=1S/C14H18N2O2/c1-3-18-12-5-4-11(6-10(12)2)13(16)14(7-15)8-17-9-14/h4-6,13H,3,8-9,16H2,1-2H3. The molecular weight excluding hydrogens is 228 g/mol. The van der Waals surface area contributed by atoms with E-state index in [-0.39, 0.29) is 6.04 Å². The van der Waals surface area contributed by atoms with Crippen LogP contribution in [0.5, 0.6) is 5.75 Å². The van der Waals surface area contributed by atoms with Crippen molar-refractivity contribution in [3.05, 3.63) is 29.3 Å². The van der Waals surface area contributed by atoms with Crippen LogP contribution in [0, 0.1) is 23.7 Å². The van der Waals surface area contributed by atoms with Gasteiger partial charge in [-0.15, -0.1) is 0 Å². The third kappa shape index (κ3) is 2.07. The maximum atomic E-state index is 9.24. The molecule has 0 aromatic heterocycles. The van der Waals surface area contributed by atoms with Crippen LogP contribution in [-0.4, -0.2) is 19.8 Å². The predicted molar refractivity (Wildman–Crippen MR) is 68.1 cm³/mol. The van der Waals surface area contributed by atoms with Crippen LogP contribution >= 0.6 is 0 Å². The molecule has 1 fully saturated rings. The van der Waals surface area contributed by atoms with Crippen LogP contribution in [0.25, 0.3) is 0 Å². The zero-order valence-corrected chi connectivity index (χ0v) is 10.8. The van der Waals surface area contributed by atoms with Crippen molar-refractivity contribution >= 4 is 0 Å². The molecule has 0 radical (unpaired) electrons. The van der Waals surface area contributed by atoms with E-state index in [2.05, 4.69) is 6.07 Å². The maximum Gasteiger partial charge on any atom is 0.123 e. The van der Waals surface area contributed by atoms with Gasteiger partial charge in [0.2, 0.25) is 0 Å². The van der Waals surface area contributed by atoms with Gasteiger partial charge in [-0.1, -0.05) is 12.1 Å². The van der Waals surface area contributed by atoms with E-state index in [9.17, 15) is 5.26 Å². The number of nitrogens with two attached hydrogens (primary N) is 1. The summed E-state index contributed by atoms with van der Waals surface area (Å²) in [6.07, 6.45) is 0. The van der Waals surface area contributed by atoms with Gasteiger partial charge >= 0.3 is 0 Å². The molecule has 1 aromatic rings. The Hall–Kier alpha value is -1.57. The first-order valence-electron chi connectivity index (χ1n) is 6.11. The SMILES string of the molecule is CCOc1ccc(C(N)C2(C#N)COC2)cc1C. The molecule has 1 aromatic carbocycles. The minimum atomic E-state index is -0.570. The van der Waals surface area contributed by atoms with Crippen molar-refractivity contribution in [3.63, 3.8) is 0 Å². The lowest BCUT2D eigenvalue weighted by molar-refractivity contribution is -0.0910. The van der Waals surface area contributed by atoms with Crippen molar-refractivity contribution in [2.75, 3.05) is 19.8 Å². The highest BCUT2D eigenvalue weighted by atomic mass is 16.5. The number of hydrogen-bond donors (Lipinski definition) is 1. The molecule has 1 aliphatic rings. The summed E-state index contributed by atoms with van der Waals surface area (Å²) >= 11 is 0. The largest absolute Gasteiger partial charge is 0.494 e. The Labute approximate surface area is 107 Å². The molecule has 0 bridgehead atoms. The van der Waals surface area contributed by atoms with Gasteiger partial charge in [0.1, 0.15) is 11.2 Å². The quantitative estimate of drug-likeness (QED) is 0.881. The van der Waals surface area contributed by atoms with Crippen LogP contribution in [0.3, 0.4) is 0 Å². The fourth-order valence-electron chi connectivity index (χ4n) is 2.14. The average molecular weight is 246 g/mol. The summed E-state index contributed by atoms with van der Waals surface area (Å²) in [5.41, 5.74) is 7.62.